The highest BCUT2D eigenvalue weighted by molar-refractivity contribution is 5.71. The third-order valence-electron chi connectivity index (χ3n) is 6.30. The average molecular weight is 442 g/mol. The van der Waals surface area contributed by atoms with Gasteiger partial charge < -0.3 is 14.4 Å². The Balaban J connectivity index is 1.57. The van der Waals surface area contributed by atoms with E-state index in [2.05, 4.69) is 28.1 Å². The fourth-order valence-electron chi connectivity index (χ4n) is 4.66. The number of aliphatic hydroxyl groups excluding tert-OH is 1. The maximum absolute atomic E-state index is 12.8. The van der Waals surface area contributed by atoms with Crippen molar-refractivity contribution in [1.29, 1.82) is 5.26 Å². The van der Waals surface area contributed by atoms with Crippen LogP contribution in [0.5, 0.6) is 0 Å². The Bertz CT molecular complexity index is 1140. The number of hydrogen-bond acceptors (Lipinski definition) is 4. The molecule has 1 fully saturated rings. The molecule has 1 aromatic carbocycles. The van der Waals surface area contributed by atoms with Gasteiger partial charge in [0.25, 0.3) is 0 Å². The van der Waals surface area contributed by atoms with E-state index in [4.69, 9.17) is 0 Å². The van der Waals surface area contributed by atoms with Crippen LogP contribution in [0, 0.1) is 11.3 Å². The lowest BCUT2D eigenvalue weighted by Gasteiger charge is -2.35. The number of fused-ring (bicyclic) bond motifs is 1. The Hall–Kier alpha value is -3.05. The van der Waals surface area contributed by atoms with Crippen LogP contribution in [-0.4, -0.2) is 40.4 Å². The number of imidazole rings is 1. The largest absolute Gasteiger partial charge is 0.396 e. The highest BCUT2D eigenvalue weighted by atomic mass is 19.4. The fourth-order valence-corrected chi connectivity index (χ4v) is 4.66. The molecule has 0 amide bonds. The fraction of sp³-hybridized carbons (Fsp3) is 0.417. The standard InChI is InChI=1S/C24H25F3N4O/c1-16(15-32)19-4-2-3-5-20(19)17-6-9-30(10-7-17)22-8-11-31-18(12-24(25,26)27)14-29-23(31)21(22)13-28/h2-5,8,11,14,16-17,32H,6-7,9-10,12,15H2,1H3. The second kappa shape index (κ2) is 8.83. The Kier molecular flexibility index (Phi) is 6.11. The lowest BCUT2D eigenvalue weighted by atomic mass is 9.83. The Morgan fingerprint density at radius 3 is 2.59 bits per heavy atom. The van der Waals surface area contributed by atoms with Crippen molar-refractivity contribution in [3.05, 3.63) is 65.1 Å². The monoisotopic (exact) mass is 442 g/mol. The van der Waals surface area contributed by atoms with Crippen LogP contribution >= 0.6 is 0 Å². The molecular formula is C24H25F3N4O. The van der Waals surface area contributed by atoms with Crippen molar-refractivity contribution in [3.63, 3.8) is 0 Å². The first kappa shape index (κ1) is 22.2. The average Bonchev–Trinajstić information content (AvgIpc) is 3.19. The molecule has 1 aliphatic heterocycles. The van der Waals surface area contributed by atoms with Gasteiger partial charge in [-0.25, -0.2) is 4.98 Å². The topological polar surface area (TPSA) is 64.6 Å². The Labute approximate surface area is 184 Å². The van der Waals surface area contributed by atoms with Crippen LogP contribution in [0.15, 0.2) is 42.7 Å². The number of benzene rings is 1. The van der Waals surface area contributed by atoms with Crippen molar-refractivity contribution in [2.75, 3.05) is 24.6 Å². The molecular weight excluding hydrogens is 417 g/mol. The minimum Gasteiger partial charge on any atom is -0.396 e. The Morgan fingerprint density at radius 2 is 1.94 bits per heavy atom. The zero-order valence-electron chi connectivity index (χ0n) is 17.8. The Morgan fingerprint density at radius 1 is 1.22 bits per heavy atom. The van der Waals surface area contributed by atoms with Gasteiger partial charge in [-0.1, -0.05) is 31.2 Å². The maximum atomic E-state index is 12.8. The number of anilines is 1. The molecule has 32 heavy (non-hydrogen) atoms. The van der Waals surface area contributed by atoms with Crippen LogP contribution in [0.1, 0.15) is 54.0 Å². The predicted molar refractivity (Wildman–Crippen MR) is 116 cm³/mol. The second-order valence-corrected chi connectivity index (χ2v) is 8.40. The van der Waals surface area contributed by atoms with E-state index in [0.717, 1.165) is 25.9 Å². The molecule has 8 heteroatoms. The number of nitriles is 1. The zero-order chi connectivity index (χ0) is 22.9. The zero-order valence-corrected chi connectivity index (χ0v) is 17.8. The van der Waals surface area contributed by atoms with E-state index in [1.54, 1.807) is 12.3 Å². The van der Waals surface area contributed by atoms with Crippen molar-refractivity contribution in [3.8, 4) is 6.07 Å². The summed E-state index contributed by atoms with van der Waals surface area (Å²) in [7, 11) is 0. The molecule has 1 unspecified atom stereocenters. The van der Waals surface area contributed by atoms with E-state index in [1.807, 2.05) is 19.1 Å². The minimum atomic E-state index is -4.34. The van der Waals surface area contributed by atoms with Gasteiger partial charge in [-0.15, -0.1) is 0 Å². The number of hydrogen-bond donors (Lipinski definition) is 1. The first-order valence-electron chi connectivity index (χ1n) is 10.7. The van der Waals surface area contributed by atoms with Gasteiger partial charge >= 0.3 is 6.18 Å². The van der Waals surface area contributed by atoms with Gasteiger partial charge in [0.2, 0.25) is 0 Å². The smallest absolute Gasteiger partial charge is 0.394 e. The van der Waals surface area contributed by atoms with Crippen LogP contribution < -0.4 is 4.90 Å². The third kappa shape index (κ3) is 4.30. The van der Waals surface area contributed by atoms with Gasteiger partial charge in [-0.05, 0) is 36.0 Å². The normalized spacial score (nSPS) is 16.3. The number of aromatic nitrogens is 2. The molecule has 1 atom stereocenters. The SMILES string of the molecule is CC(CO)c1ccccc1C1CCN(c2ccn3c(CC(F)(F)F)cnc3c2C#N)CC1. The van der Waals surface area contributed by atoms with E-state index < -0.39 is 12.6 Å². The molecule has 0 saturated carbocycles. The van der Waals surface area contributed by atoms with Crippen molar-refractivity contribution in [1.82, 2.24) is 9.38 Å². The molecule has 0 spiro atoms. The summed E-state index contributed by atoms with van der Waals surface area (Å²) in [5, 5.41) is 19.4. The van der Waals surface area contributed by atoms with E-state index in [-0.39, 0.29) is 23.9 Å². The van der Waals surface area contributed by atoms with Crippen LogP contribution in [0.2, 0.25) is 0 Å². The molecule has 3 aromatic rings. The van der Waals surface area contributed by atoms with E-state index in [9.17, 15) is 23.5 Å². The number of alkyl halides is 3. The number of nitrogens with zero attached hydrogens (tertiary/aromatic N) is 4. The number of piperidine rings is 1. The number of halogens is 3. The number of rotatable bonds is 5. The van der Waals surface area contributed by atoms with Crippen molar-refractivity contribution < 1.29 is 18.3 Å². The molecule has 1 N–H and O–H groups in total. The molecule has 168 valence electrons. The molecule has 4 rings (SSSR count). The van der Waals surface area contributed by atoms with Crippen LogP contribution in [0.3, 0.4) is 0 Å². The quantitative estimate of drug-likeness (QED) is 0.617. The number of pyridine rings is 1. The molecule has 1 aliphatic rings. The maximum Gasteiger partial charge on any atom is 0.394 e. The van der Waals surface area contributed by atoms with Crippen molar-refractivity contribution in [2.45, 2.75) is 44.2 Å². The second-order valence-electron chi connectivity index (χ2n) is 8.40. The first-order valence-corrected chi connectivity index (χ1v) is 10.7. The van der Waals surface area contributed by atoms with Crippen LogP contribution in [-0.2, 0) is 6.42 Å². The molecule has 3 heterocycles. The van der Waals surface area contributed by atoms with Gasteiger partial charge in [0.15, 0.2) is 5.65 Å². The summed E-state index contributed by atoms with van der Waals surface area (Å²) < 4.78 is 39.9. The summed E-state index contributed by atoms with van der Waals surface area (Å²) >= 11 is 0. The highest BCUT2D eigenvalue weighted by Crippen LogP contribution is 2.36. The third-order valence-corrected chi connectivity index (χ3v) is 6.30. The minimum absolute atomic E-state index is 0.0175. The van der Waals surface area contributed by atoms with Crippen molar-refractivity contribution in [2.24, 2.45) is 0 Å². The molecule has 0 radical (unpaired) electrons. The highest BCUT2D eigenvalue weighted by Gasteiger charge is 2.30. The van der Waals surface area contributed by atoms with Gasteiger partial charge in [-0.2, -0.15) is 18.4 Å². The van der Waals surface area contributed by atoms with Crippen molar-refractivity contribution >= 4 is 11.3 Å². The van der Waals surface area contributed by atoms with E-state index in [0.29, 0.717) is 17.2 Å². The summed E-state index contributed by atoms with van der Waals surface area (Å²) in [6, 6.07) is 12.1. The van der Waals surface area contributed by atoms with E-state index in [1.165, 1.54) is 21.7 Å². The number of aliphatic hydroxyl groups is 1. The summed E-state index contributed by atoms with van der Waals surface area (Å²) in [5.74, 6) is 0.429. The van der Waals surface area contributed by atoms with Gasteiger partial charge in [0.1, 0.15) is 11.6 Å². The summed E-state index contributed by atoms with van der Waals surface area (Å²) in [6.07, 6.45) is -0.886. The predicted octanol–water partition coefficient (Wildman–Crippen LogP) is 4.79. The first-order chi connectivity index (χ1) is 15.3. The van der Waals surface area contributed by atoms with Gasteiger partial charge in [0, 0.05) is 38.0 Å². The summed E-state index contributed by atoms with van der Waals surface area (Å²) in [5.41, 5.74) is 3.71. The molecule has 5 nitrogen and oxygen atoms in total. The summed E-state index contributed by atoms with van der Waals surface area (Å²) in [6.45, 7) is 3.57. The lowest BCUT2D eigenvalue weighted by Crippen LogP contribution is -2.34. The summed E-state index contributed by atoms with van der Waals surface area (Å²) in [4.78, 5) is 6.24. The lowest BCUT2D eigenvalue weighted by molar-refractivity contribution is -0.127. The van der Waals surface area contributed by atoms with Gasteiger partial charge in [0.05, 0.1) is 17.8 Å². The molecule has 2 aromatic heterocycles. The molecule has 0 aliphatic carbocycles. The molecule has 1 saturated heterocycles. The van der Waals surface area contributed by atoms with Crippen LogP contribution in [0.4, 0.5) is 18.9 Å². The molecule has 0 bridgehead atoms. The van der Waals surface area contributed by atoms with Crippen LogP contribution in [0.25, 0.3) is 5.65 Å². The van der Waals surface area contributed by atoms with Gasteiger partial charge in [-0.3, -0.25) is 0 Å². The van der Waals surface area contributed by atoms with E-state index >= 15 is 0 Å².